The van der Waals surface area contributed by atoms with Gasteiger partial charge in [0.05, 0.1) is 6.61 Å². The van der Waals surface area contributed by atoms with Crippen LogP contribution in [0.15, 0.2) is 0 Å². The van der Waals surface area contributed by atoms with Crippen molar-refractivity contribution in [3.05, 3.63) is 0 Å². The van der Waals surface area contributed by atoms with Crippen LogP contribution in [0.2, 0.25) is 0 Å². The van der Waals surface area contributed by atoms with Gasteiger partial charge in [0, 0.05) is 25.2 Å². The van der Waals surface area contributed by atoms with Gasteiger partial charge < -0.3 is 20.3 Å². The van der Waals surface area contributed by atoms with Gasteiger partial charge in [-0.1, -0.05) is 19.3 Å². The van der Waals surface area contributed by atoms with Gasteiger partial charge >= 0.3 is 0 Å². The molecule has 0 bridgehead atoms. The Morgan fingerprint density at radius 1 is 1.35 bits per heavy atom. The van der Waals surface area contributed by atoms with E-state index in [1.165, 1.54) is 32.1 Å². The van der Waals surface area contributed by atoms with Crippen LogP contribution in [0.1, 0.15) is 32.1 Å². The predicted molar refractivity (Wildman–Crippen MR) is 82.4 cm³/mol. The topological polar surface area (TPSA) is 53.6 Å². The van der Waals surface area contributed by atoms with Crippen molar-refractivity contribution in [2.45, 2.75) is 43.7 Å². The lowest BCUT2D eigenvalue weighted by atomic mass is 9.80. The van der Waals surface area contributed by atoms with Gasteiger partial charge in [-0.3, -0.25) is 4.79 Å². The maximum absolute atomic E-state index is 12.1. The standard InChI is InChI=1S/C14H27N3O2.ClH/c1-17(2)14(6-4-3-5-7-14)11-16-13(18)12-10-15-8-9-19-12;/h12,15H,3-11H2,1-2H3,(H,16,18);1H. The Morgan fingerprint density at radius 3 is 2.60 bits per heavy atom. The average Bonchev–Trinajstić information content (AvgIpc) is 2.46. The molecule has 118 valence electrons. The molecular weight excluding hydrogens is 278 g/mol. The van der Waals surface area contributed by atoms with Crippen molar-refractivity contribution in [2.75, 3.05) is 40.3 Å². The zero-order valence-corrected chi connectivity index (χ0v) is 13.4. The number of halogens is 1. The van der Waals surface area contributed by atoms with E-state index < -0.39 is 0 Å². The van der Waals surface area contributed by atoms with Crippen LogP contribution in [0.25, 0.3) is 0 Å². The van der Waals surface area contributed by atoms with Crippen molar-refractivity contribution >= 4 is 18.3 Å². The number of carbonyl (C=O) groups is 1. The molecule has 0 aromatic heterocycles. The minimum absolute atomic E-state index is 0. The fourth-order valence-electron chi connectivity index (χ4n) is 3.09. The first-order valence-electron chi connectivity index (χ1n) is 7.41. The van der Waals surface area contributed by atoms with E-state index in [2.05, 4.69) is 29.6 Å². The highest BCUT2D eigenvalue weighted by atomic mass is 35.5. The van der Waals surface area contributed by atoms with Gasteiger partial charge in [-0.2, -0.15) is 0 Å². The maximum atomic E-state index is 12.1. The number of rotatable bonds is 4. The van der Waals surface area contributed by atoms with E-state index in [9.17, 15) is 4.79 Å². The fourth-order valence-corrected chi connectivity index (χ4v) is 3.09. The summed E-state index contributed by atoms with van der Waals surface area (Å²) in [7, 11) is 4.24. The van der Waals surface area contributed by atoms with E-state index in [0.29, 0.717) is 13.2 Å². The molecule has 1 aliphatic heterocycles. The lowest BCUT2D eigenvalue weighted by Gasteiger charge is -2.43. The Labute approximate surface area is 128 Å². The molecule has 2 fully saturated rings. The van der Waals surface area contributed by atoms with Crippen LogP contribution in [0.3, 0.4) is 0 Å². The van der Waals surface area contributed by atoms with Gasteiger partial charge in [0.15, 0.2) is 0 Å². The quantitative estimate of drug-likeness (QED) is 0.806. The number of ether oxygens (including phenoxy) is 1. The number of hydrogen-bond acceptors (Lipinski definition) is 4. The lowest BCUT2D eigenvalue weighted by molar-refractivity contribution is -0.135. The molecule has 0 aromatic rings. The highest BCUT2D eigenvalue weighted by Crippen LogP contribution is 2.31. The Morgan fingerprint density at radius 2 is 2.05 bits per heavy atom. The normalized spacial score (nSPS) is 25.9. The third kappa shape index (κ3) is 4.32. The molecule has 0 spiro atoms. The van der Waals surface area contributed by atoms with Crippen molar-refractivity contribution in [3.8, 4) is 0 Å². The van der Waals surface area contributed by atoms with Crippen molar-refractivity contribution < 1.29 is 9.53 Å². The van der Waals surface area contributed by atoms with E-state index in [0.717, 1.165) is 13.1 Å². The van der Waals surface area contributed by atoms with Crippen LogP contribution in [0.5, 0.6) is 0 Å². The number of morpholine rings is 1. The first kappa shape index (κ1) is 17.7. The number of nitrogens with zero attached hydrogens (tertiary/aromatic N) is 1. The van der Waals surface area contributed by atoms with Crippen molar-refractivity contribution in [1.29, 1.82) is 0 Å². The second kappa shape index (κ2) is 8.17. The van der Waals surface area contributed by atoms with Gasteiger partial charge in [0.25, 0.3) is 5.91 Å². The van der Waals surface area contributed by atoms with Crippen LogP contribution >= 0.6 is 12.4 Å². The molecule has 1 heterocycles. The summed E-state index contributed by atoms with van der Waals surface area (Å²) in [6, 6.07) is 0. The van der Waals surface area contributed by atoms with E-state index in [1.807, 2.05) is 0 Å². The Kier molecular flexibility index (Phi) is 7.23. The SMILES string of the molecule is CN(C)C1(CNC(=O)C2CNCCO2)CCCCC1.Cl. The van der Waals surface area contributed by atoms with E-state index >= 15 is 0 Å². The van der Waals surface area contributed by atoms with Crippen LogP contribution in [0.4, 0.5) is 0 Å². The molecule has 1 amide bonds. The highest BCUT2D eigenvalue weighted by molar-refractivity contribution is 5.85. The molecule has 1 atom stereocenters. The second-order valence-electron chi connectivity index (χ2n) is 5.96. The molecule has 5 nitrogen and oxygen atoms in total. The fraction of sp³-hybridized carbons (Fsp3) is 0.929. The first-order valence-corrected chi connectivity index (χ1v) is 7.41. The lowest BCUT2D eigenvalue weighted by Crippen LogP contribution is -2.56. The molecule has 1 unspecified atom stereocenters. The van der Waals surface area contributed by atoms with Crippen LogP contribution in [-0.4, -0.2) is 62.8 Å². The van der Waals surface area contributed by atoms with Gasteiger partial charge in [0.1, 0.15) is 6.10 Å². The van der Waals surface area contributed by atoms with Gasteiger partial charge in [-0.15, -0.1) is 12.4 Å². The smallest absolute Gasteiger partial charge is 0.250 e. The zero-order chi connectivity index (χ0) is 13.7. The molecule has 1 aliphatic carbocycles. The van der Waals surface area contributed by atoms with Crippen LogP contribution < -0.4 is 10.6 Å². The number of amides is 1. The maximum Gasteiger partial charge on any atom is 0.250 e. The number of carbonyl (C=O) groups excluding carboxylic acids is 1. The van der Waals surface area contributed by atoms with Crippen molar-refractivity contribution in [3.63, 3.8) is 0 Å². The molecule has 1 saturated heterocycles. The molecule has 2 aliphatic rings. The second-order valence-corrected chi connectivity index (χ2v) is 5.96. The summed E-state index contributed by atoms with van der Waals surface area (Å²) in [5, 5.41) is 6.29. The molecule has 6 heteroatoms. The van der Waals surface area contributed by atoms with Gasteiger partial charge in [-0.05, 0) is 26.9 Å². The van der Waals surface area contributed by atoms with Gasteiger partial charge in [0.2, 0.25) is 0 Å². The highest BCUT2D eigenvalue weighted by Gasteiger charge is 2.35. The van der Waals surface area contributed by atoms with E-state index in [-0.39, 0.29) is 30.0 Å². The first-order chi connectivity index (χ1) is 9.14. The number of likely N-dealkylation sites (N-methyl/N-ethyl adjacent to an activating group) is 1. The Bertz CT molecular complexity index is 301. The number of nitrogens with one attached hydrogen (secondary N) is 2. The monoisotopic (exact) mass is 305 g/mol. The minimum atomic E-state index is -0.323. The number of hydrogen-bond donors (Lipinski definition) is 2. The summed E-state index contributed by atoms with van der Waals surface area (Å²) in [6.07, 6.45) is 5.86. The molecule has 2 N–H and O–H groups in total. The minimum Gasteiger partial charge on any atom is -0.366 e. The molecule has 20 heavy (non-hydrogen) atoms. The Balaban J connectivity index is 0.00000200. The molecule has 1 saturated carbocycles. The average molecular weight is 306 g/mol. The third-order valence-electron chi connectivity index (χ3n) is 4.54. The summed E-state index contributed by atoms with van der Waals surface area (Å²) < 4.78 is 5.48. The molecule has 0 radical (unpaired) electrons. The molecule has 2 rings (SSSR count). The zero-order valence-electron chi connectivity index (χ0n) is 12.6. The van der Waals surface area contributed by atoms with Crippen molar-refractivity contribution in [2.24, 2.45) is 0 Å². The largest absolute Gasteiger partial charge is 0.366 e. The van der Waals surface area contributed by atoms with Crippen LogP contribution in [0, 0.1) is 0 Å². The summed E-state index contributed by atoms with van der Waals surface area (Å²) in [6.45, 7) is 2.82. The Hall–Kier alpha value is -0.360. The van der Waals surface area contributed by atoms with Crippen molar-refractivity contribution in [1.82, 2.24) is 15.5 Å². The molecular formula is C14H28ClN3O2. The van der Waals surface area contributed by atoms with Gasteiger partial charge in [-0.25, -0.2) is 0 Å². The summed E-state index contributed by atoms with van der Waals surface area (Å²) in [4.78, 5) is 14.4. The van der Waals surface area contributed by atoms with E-state index in [4.69, 9.17) is 4.74 Å². The predicted octanol–water partition coefficient (Wildman–Crippen LogP) is 0.777. The van der Waals surface area contributed by atoms with Crippen LogP contribution in [-0.2, 0) is 9.53 Å². The third-order valence-corrected chi connectivity index (χ3v) is 4.54. The summed E-state index contributed by atoms with van der Waals surface area (Å²) >= 11 is 0. The molecule has 0 aromatic carbocycles. The summed E-state index contributed by atoms with van der Waals surface area (Å²) in [5.74, 6) is 0.0269. The van der Waals surface area contributed by atoms with E-state index in [1.54, 1.807) is 0 Å². The summed E-state index contributed by atoms with van der Waals surface area (Å²) in [5.41, 5.74) is 0.135.